The van der Waals surface area contributed by atoms with Crippen LogP contribution in [-0.4, -0.2) is 42.9 Å². The van der Waals surface area contributed by atoms with Gasteiger partial charge in [-0.15, -0.1) is 0 Å². The summed E-state index contributed by atoms with van der Waals surface area (Å²) in [6.07, 6.45) is 8.23. The molecule has 2 aromatic heterocycles. The number of amides is 1. The van der Waals surface area contributed by atoms with Gasteiger partial charge in [-0.25, -0.2) is 14.8 Å². The Morgan fingerprint density at radius 3 is 2.88 bits per heavy atom. The van der Waals surface area contributed by atoms with Gasteiger partial charge in [0.05, 0.1) is 53.6 Å². The molecule has 3 atom stereocenters. The highest BCUT2D eigenvalue weighted by Gasteiger charge is 2.64. The second-order valence-electron chi connectivity index (χ2n) is 10.6. The Kier molecular flexibility index (Phi) is 4.33. The van der Waals surface area contributed by atoms with E-state index in [1.807, 2.05) is 18.5 Å². The van der Waals surface area contributed by atoms with E-state index in [0.29, 0.717) is 29.5 Å². The molecule has 1 aromatic carbocycles. The minimum Gasteiger partial charge on any atom is -0.441 e. The smallest absolute Gasteiger partial charge is 0.416 e. The third kappa shape index (κ3) is 3.32. The number of aromatic nitrogens is 4. The molecule has 34 heavy (non-hydrogen) atoms. The standard InChI is InChI=1S/C25H26N6O3/c1-23(2,33)20-10-28-21(11-27-20)31-14-25(34-22(31)32)6-5-17-8-24(17,12-25)13-30-15-29-18-4-3-16(9-26)7-19(18)30/h3-4,7,10-11,15,17,33H,5-6,8,12-14H2,1-2H3/t17-,24-,25-/m1/s1. The van der Waals surface area contributed by atoms with Gasteiger partial charge in [-0.1, -0.05) is 0 Å². The average Bonchev–Trinajstić information content (AvgIpc) is 3.22. The van der Waals surface area contributed by atoms with E-state index in [0.717, 1.165) is 43.3 Å². The molecule has 3 fully saturated rings. The van der Waals surface area contributed by atoms with Crippen LogP contribution in [0, 0.1) is 22.7 Å². The summed E-state index contributed by atoms with van der Waals surface area (Å²) in [7, 11) is 0. The molecule has 1 amide bonds. The van der Waals surface area contributed by atoms with Crippen LogP contribution in [0.1, 0.15) is 50.8 Å². The Morgan fingerprint density at radius 2 is 2.15 bits per heavy atom. The van der Waals surface area contributed by atoms with E-state index >= 15 is 0 Å². The summed E-state index contributed by atoms with van der Waals surface area (Å²) >= 11 is 0. The summed E-state index contributed by atoms with van der Waals surface area (Å²) < 4.78 is 8.16. The van der Waals surface area contributed by atoms with E-state index in [2.05, 4.69) is 25.6 Å². The Balaban J connectivity index is 1.23. The van der Waals surface area contributed by atoms with Crippen LogP contribution in [0.4, 0.5) is 10.6 Å². The molecule has 174 valence electrons. The van der Waals surface area contributed by atoms with Crippen LogP contribution in [0.5, 0.6) is 0 Å². The first-order valence-electron chi connectivity index (χ1n) is 11.6. The van der Waals surface area contributed by atoms with Crippen LogP contribution in [0.25, 0.3) is 11.0 Å². The Hall–Kier alpha value is -3.51. The van der Waals surface area contributed by atoms with Crippen molar-refractivity contribution in [3.8, 4) is 6.07 Å². The van der Waals surface area contributed by atoms with Crippen molar-refractivity contribution >= 4 is 22.9 Å². The van der Waals surface area contributed by atoms with E-state index in [4.69, 9.17) is 4.74 Å². The topological polar surface area (TPSA) is 117 Å². The lowest BCUT2D eigenvalue weighted by Gasteiger charge is -2.36. The molecule has 6 rings (SSSR count). The largest absolute Gasteiger partial charge is 0.441 e. The van der Waals surface area contributed by atoms with Gasteiger partial charge in [-0.3, -0.25) is 9.88 Å². The lowest BCUT2D eigenvalue weighted by Crippen LogP contribution is -2.41. The number of rotatable bonds is 4. The molecular formula is C25H26N6O3. The van der Waals surface area contributed by atoms with E-state index < -0.39 is 17.3 Å². The number of nitriles is 1. The number of carbonyl (C=O) groups is 1. The van der Waals surface area contributed by atoms with E-state index in [1.54, 1.807) is 24.8 Å². The predicted octanol–water partition coefficient (Wildman–Crippen LogP) is 3.51. The zero-order valence-corrected chi connectivity index (χ0v) is 19.2. The van der Waals surface area contributed by atoms with Gasteiger partial charge in [0.1, 0.15) is 11.2 Å². The summed E-state index contributed by atoms with van der Waals surface area (Å²) in [6, 6.07) is 7.77. The van der Waals surface area contributed by atoms with Crippen LogP contribution in [-0.2, 0) is 16.9 Å². The molecule has 2 aliphatic carbocycles. The first-order valence-corrected chi connectivity index (χ1v) is 11.6. The fourth-order valence-electron chi connectivity index (χ4n) is 5.86. The number of nitrogens with zero attached hydrogens (tertiary/aromatic N) is 6. The molecule has 1 N–H and O–H groups in total. The number of fused-ring (bicyclic) bond motifs is 2. The molecule has 0 unspecified atom stereocenters. The maximum absolute atomic E-state index is 12.9. The number of carbonyl (C=O) groups excluding carboxylic acids is 1. The molecule has 1 aliphatic heterocycles. The van der Waals surface area contributed by atoms with Crippen LogP contribution in [0.2, 0.25) is 0 Å². The Morgan fingerprint density at radius 1 is 1.29 bits per heavy atom. The summed E-state index contributed by atoms with van der Waals surface area (Å²) in [5.74, 6) is 1.04. The lowest BCUT2D eigenvalue weighted by atomic mass is 9.77. The van der Waals surface area contributed by atoms with Gasteiger partial charge in [0, 0.05) is 6.54 Å². The summed E-state index contributed by atoms with van der Waals surface area (Å²) in [6.45, 7) is 4.53. The van der Waals surface area contributed by atoms with E-state index in [-0.39, 0.29) is 5.41 Å². The zero-order chi connectivity index (χ0) is 23.7. The highest BCUT2D eigenvalue weighted by Crippen LogP contribution is 2.65. The van der Waals surface area contributed by atoms with Crippen LogP contribution in [0.3, 0.4) is 0 Å². The number of aliphatic hydroxyl groups is 1. The SMILES string of the molecule is CC(C)(O)c1cnc(N2C[C@]3(CC[C@@H]4C[C@]4(Cn4cnc5ccc(C#N)cc54)C3)OC2=O)cn1. The number of anilines is 1. The lowest BCUT2D eigenvalue weighted by molar-refractivity contribution is -0.000210. The van der Waals surface area contributed by atoms with Crippen molar-refractivity contribution in [3.05, 3.63) is 48.2 Å². The van der Waals surface area contributed by atoms with Crippen molar-refractivity contribution < 1.29 is 14.6 Å². The Labute approximate surface area is 197 Å². The van der Waals surface area contributed by atoms with Gasteiger partial charge in [0.2, 0.25) is 0 Å². The van der Waals surface area contributed by atoms with Crippen LogP contribution in [0.15, 0.2) is 36.9 Å². The van der Waals surface area contributed by atoms with Crippen LogP contribution >= 0.6 is 0 Å². The minimum atomic E-state index is -1.10. The maximum atomic E-state index is 12.9. The fraction of sp³-hybridized carbons (Fsp3) is 0.480. The highest BCUT2D eigenvalue weighted by atomic mass is 16.6. The number of ether oxygens (including phenoxy) is 1. The summed E-state index contributed by atoms with van der Waals surface area (Å²) in [4.78, 5) is 27.6. The van der Waals surface area contributed by atoms with Crippen molar-refractivity contribution in [2.45, 2.75) is 57.3 Å². The quantitative estimate of drug-likeness (QED) is 0.636. The van der Waals surface area contributed by atoms with Crippen molar-refractivity contribution in [1.29, 1.82) is 5.26 Å². The highest BCUT2D eigenvalue weighted by molar-refractivity contribution is 5.89. The first kappa shape index (κ1) is 21.1. The molecule has 1 spiro atoms. The molecule has 3 aromatic rings. The molecule has 0 radical (unpaired) electrons. The zero-order valence-electron chi connectivity index (χ0n) is 19.2. The molecule has 9 nitrogen and oxygen atoms in total. The normalized spacial score (nSPS) is 28.1. The molecule has 3 aliphatic rings. The van der Waals surface area contributed by atoms with Gasteiger partial charge in [0.15, 0.2) is 5.82 Å². The van der Waals surface area contributed by atoms with Gasteiger partial charge in [-0.05, 0) is 69.1 Å². The third-order valence-corrected chi connectivity index (χ3v) is 7.73. The minimum absolute atomic E-state index is 0.0568. The monoisotopic (exact) mass is 458 g/mol. The predicted molar refractivity (Wildman–Crippen MR) is 123 cm³/mol. The molecule has 0 bridgehead atoms. The van der Waals surface area contributed by atoms with E-state index in [9.17, 15) is 15.2 Å². The van der Waals surface area contributed by atoms with Crippen molar-refractivity contribution in [2.75, 3.05) is 11.4 Å². The molecule has 1 saturated heterocycles. The number of imidazole rings is 1. The molecule has 2 saturated carbocycles. The van der Waals surface area contributed by atoms with Crippen LogP contribution < -0.4 is 4.90 Å². The van der Waals surface area contributed by atoms with Gasteiger partial charge in [0.25, 0.3) is 0 Å². The number of hydrogen-bond donors (Lipinski definition) is 1. The second kappa shape index (κ2) is 7.00. The molecule has 3 heterocycles. The maximum Gasteiger partial charge on any atom is 0.416 e. The molecule has 9 heteroatoms. The van der Waals surface area contributed by atoms with Crippen molar-refractivity contribution in [1.82, 2.24) is 19.5 Å². The fourth-order valence-corrected chi connectivity index (χ4v) is 5.86. The first-order chi connectivity index (χ1) is 16.2. The van der Waals surface area contributed by atoms with Crippen molar-refractivity contribution in [2.24, 2.45) is 11.3 Å². The Bertz CT molecular complexity index is 1340. The average molecular weight is 459 g/mol. The number of hydrogen-bond acceptors (Lipinski definition) is 7. The molecular weight excluding hydrogens is 432 g/mol. The van der Waals surface area contributed by atoms with Gasteiger partial charge >= 0.3 is 6.09 Å². The summed E-state index contributed by atoms with van der Waals surface area (Å²) in [5, 5.41) is 19.4. The van der Waals surface area contributed by atoms with Gasteiger partial charge < -0.3 is 14.4 Å². The third-order valence-electron chi connectivity index (χ3n) is 7.73. The van der Waals surface area contributed by atoms with Gasteiger partial charge in [-0.2, -0.15) is 5.26 Å². The van der Waals surface area contributed by atoms with E-state index in [1.165, 1.54) is 12.4 Å². The summed E-state index contributed by atoms with van der Waals surface area (Å²) in [5.41, 5.74) is 1.33. The second-order valence-corrected chi connectivity index (χ2v) is 10.6. The van der Waals surface area contributed by atoms with Crippen molar-refractivity contribution in [3.63, 3.8) is 0 Å². The number of benzene rings is 1.